The van der Waals surface area contributed by atoms with Crippen LogP contribution in [-0.2, 0) is 36.1 Å². The van der Waals surface area contributed by atoms with E-state index in [2.05, 4.69) is 29.4 Å². The molecule has 0 spiro atoms. The molecule has 2 aliphatic rings. The lowest BCUT2D eigenvalue weighted by molar-refractivity contribution is -0.150. The van der Waals surface area contributed by atoms with E-state index in [1.54, 1.807) is 16.4 Å². The molecule has 0 saturated carbocycles. The highest BCUT2D eigenvalue weighted by molar-refractivity contribution is 7.98. The van der Waals surface area contributed by atoms with Crippen LogP contribution in [0.15, 0.2) is 41.4 Å². The van der Waals surface area contributed by atoms with Gasteiger partial charge in [0, 0.05) is 23.9 Å². The summed E-state index contributed by atoms with van der Waals surface area (Å²) >= 11 is 1.68. The maximum atomic E-state index is 12.9. The van der Waals surface area contributed by atoms with E-state index in [9.17, 15) is 24.9 Å². The predicted octanol–water partition coefficient (Wildman–Crippen LogP) is 9.71. The van der Waals surface area contributed by atoms with Crippen molar-refractivity contribution in [2.75, 3.05) is 6.61 Å². The second kappa shape index (κ2) is 29.9. The Morgan fingerprint density at radius 2 is 1.30 bits per heavy atom. The topological polar surface area (TPSA) is 153 Å². The number of Topliss-reactive ketones (excluding diaryl/α,β-unsaturated/α-hetero) is 1. The number of carbonyl (C=O) groups excluding carboxylic acids is 2. The third kappa shape index (κ3) is 20.2. The highest BCUT2D eigenvalue weighted by atomic mass is 32.2. The van der Waals surface area contributed by atoms with E-state index in [0.29, 0.717) is 25.1 Å². The Bertz CT molecular complexity index is 1430. The molecule has 0 bridgehead atoms. The number of aromatic nitrogens is 3. The smallest absolute Gasteiger partial charge is 0.309 e. The molecule has 1 aromatic carbocycles. The number of thioether (sulfide) groups is 1. The van der Waals surface area contributed by atoms with Gasteiger partial charge in [0.15, 0.2) is 0 Å². The van der Waals surface area contributed by atoms with Crippen LogP contribution < -0.4 is 0 Å². The van der Waals surface area contributed by atoms with E-state index in [4.69, 9.17) is 14.2 Å². The van der Waals surface area contributed by atoms with Crippen molar-refractivity contribution in [3.05, 3.63) is 42.2 Å². The van der Waals surface area contributed by atoms with Crippen molar-refractivity contribution in [1.29, 1.82) is 0 Å². The molecule has 1 aromatic heterocycles. The number of rotatable bonds is 34. The molecule has 340 valence electrons. The molecule has 0 radical (unpaired) electrons. The van der Waals surface area contributed by atoms with Gasteiger partial charge in [-0.15, -0.1) is 16.9 Å². The van der Waals surface area contributed by atoms with Crippen LogP contribution in [0.5, 0.6) is 0 Å². The van der Waals surface area contributed by atoms with Crippen LogP contribution in [0.25, 0.3) is 0 Å². The first kappa shape index (κ1) is 50.3. The zero-order valence-electron chi connectivity index (χ0n) is 37.0. The minimum Gasteiger partial charge on any atom is -0.465 e. The van der Waals surface area contributed by atoms with Crippen LogP contribution in [0.2, 0.25) is 0 Å². The number of ketones is 1. The second-order valence-electron chi connectivity index (χ2n) is 17.6. The van der Waals surface area contributed by atoms with Crippen LogP contribution in [0.1, 0.15) is 180 Å². The Labute approximate surface area is 365 Å². The fourth-order valence-corrected chi connectivity index (χ4v) is 9.49. The van der Waals surface area contributed by atoms with Gasteiger partial charge in [-0.2, -0.15) is 0 Å². The van der Waals surface area contributed by atoms with Crippen LogP contribution in [0.3, 0.4) is 0 Å². The van der Waals surface area contributed by atoms with Gasteiger partial charge >= 0.3 is 5.97 Å². The molecule has 2 saturated heterocycles. The lowest BCUT2D eigenvalue weighted by atomic mass is 9.95. The number of nitrogens with zero attached hydrogens (tertiary/aromatic N) is 3. The molecular formula is C48H79N3O8S. The summed E-state index contributed by atoms with van der Waals surface area (Å²) in [6.07, 6.45) is 25.0. The lowest BCUT2D eigenvalue weighted by Crippen LogP contribution is -2.33. The average Bonchev–Trinajstić information content (AvgIpc) is 4.04. The van der Waals surface area contributed by atoms with Gasteiger partial charge in [-0.1, -0.05) is 120 Å². The van der Waals surface area contributed by atoms with E-state index in [0.717, 1.165) is 100 Å². The third-order valence-electron chi connectivity index (χ3n) is 12.3. The summed E-state index contributed by atoms with van der Waals surface area (Å²) in [7, 11) is 0. The standard InChI is InChI=1S/C48H79N3O8S/c1-3-4-5-16-22-40(53)23-20-27-43(55)45-29-31-47(59-45)46-30-28-44(58-46)42(54)26-19-13-11-9-7-6-8-10-12-15-21-38(34-37(2)52)48(56)57-33-32-39-35-51(50-49-39)36-60-41-24-17-14-18-25-41/h14,17-18,24-25,35,38,40,42-47,53-55H,3-13,15-16,19-23,26-34,36H2,1-2H3/t38?,40-,42+,43-,44+,45+,46+,47+/m0/s1. The SMILES string of the molecule is CCCCCC[C@H](O)CCC[C@H](O)[C@H]1CC[C@H]([C@H]2CC[C@H]([C@H](O)CCCCCCCCCCCCC(CC(C)=O)C(=O)OCCc3cn(CSc4ccccc4)nn3)O2)O1. The molecule has 0 aliphatic carbocycles. The number of carbonyl (C=O) groups is 2. The number of esters is 1. The lowest BCUT2D eigenvalue weighted by Gasteiger charge is -2.24. The van der Waals surface area contributed by atoms with E-state index in [1.165, 1.54) is 58.3 Å². The molecule has 11 nitrogen and oxygen atoms in total. The summed E-state index contributed by atoms with van der Waals surface area (Å²) in [4.78, 5) is 25.9. The quantitative estimate of drug-likeness (QED) is 0.0350. The van der Waals surface area contributed by atoms with Gasteiger partial charge in [0.2, 0.25) is 0 Å². The first-order valence-electron chi connectivity index (χ1n) is 23.8. The maximum absolute atomic E-state index is 12.9. The fraction of sp³-hybridized carbons (Fsp3) is 0.792. The molecule has 4 rings (SSSR count). The zero-order valence-corrected chi connectivity index (χ0v) is 37.8. The molecule has 0 amide bonds. The Morgan fingerprint density at radius 3 is 1.92 bits per heavy atom. The largest absolute Gasteiger partial charge is 0.465 e. The van der Waals surface area contributed by atoms with Gasteiger partial charge in [-0.25, -0.2) is 4.68 Å². The Kier molecular flexibility index (Phi) is 25.0. The minimum absolute atomic E-state index is 0.00302. The average molecular weight is 858 g/mol. The summed E-state index contributed by atoms with van der Waals surface area (Å²) in [5.74, 6) is -0.00868. The summed E-state index contributed by atoms with van der Waals surface area (Å²) in [5.41, 5.74) is 0.775. The molecule has 1 unspecified atom stereocenters. The maximum Gasteiger partial charge on any atom is 0.309 e. The van der Waals surface area contributed by atoms with Crippen molar-refractivity contribution >= 4 is 23.5 Å². The number of aliphatic hydroxyl groups is 3. The number of benzene rings is 1. The molecule has 12 heteroatoms. The normalized spacial score (nSPS) is 21.2. The summed E-state index contributed by atoms with van der Waals surface area (Å²) in [6.45, 7) is 3.96. The van der Waals surface area contributed by atoms with Crippen LogP contribution in [0.4, 0.5) is 0 Å². The van der Waals surface area contributed by atoms with Crippen molar-refractivity contribution in [3.63, 3.8) is 0 Å². The Hall–Kier alpha value is -2.35. The first-order valence-corrected chi connectivity index (χ1v) is 24.8. The van der Waals surface area contributed by atoms with Crippen LogP contribution in [-0.4, -0.2) is 91.4 Å². The summed E-state index contributed by atoms with van der Waals surface area (Å²) in [6, 6.07) is 10.1. The first-order chi connectivity index (χ1) is 29.2. The van der Waals surface area contributed by atoms with Gasteiger partial charge in [0.25, 0.3) is 0 Å². The predicted molar refractivity (Wildman–Crippen MR) is 238 cm³/mol. The number of unbranched alkanes of at least 4 members (excludes halogenated alkanes) is 12. The number of hydrogen-bond acceptors (Lipinski definition) is 11. The van der Waals surface area contributed by atoms with Gasteiger partial charge in [-0.3, -0.25) is 4.79 Å². The Balaban J connectivity index is 0.952. The van der Waals surface area contributed by atoms with Crippen LogP contribution in [0, 0.1) is 5.92 Å². The molecule has 60 heavy (non-hydrogen) atoms. The summed E-state index contributed by atoms with van der Waals surface area (Å²) in [5, 5.41) is 40.3. The van der Waals surface area contributed by atoms with Crippen molar-refractivity contribution in [1.82, 2.24) is 15.0 Å². The van der Waals surface area contributed by atoms with E-state index >= 15 is 0 Å². The third-order valence-corrected chi connectivity index (χ3v) is 13.3. The monoisotopic (exact) mass is 858 g/mol. The highest BCUT2D eigenvalue weighted by Gasteiger charge is 2.40. The van der Waals surface area contributed by atoms with Gasteiger partial charge < -0.3 is 34.3 Å². The highest BCUT2D eigenvalue weighted by Crippen LogP contribution is 2.35. The van der Waals surface area contributed by atoms with Gasteiger partial charge in [-0.05, 0) is 83.3 Å². The molecule has 2 aliphatic heterocycles. The number of ether oxygens (including phenoxy) is 3. The fourth-order valence-electron chi connectivity index (χ4n) is 8.73. The molecule has 3 N–H and O–H groups in total. The molecular weight excluding hydrogens is 779 g/mol. The summed E-state index contributed by atoms with van der Waals surface area (Å²) < 4.78 is 20.0. The van der Waals surface area contributed by atoms with Gasteiger partial charge in [0.1, 0.15) is 5.78 Å². The van der Waals surface area contributed by atoms with E-state index in [1.807, 2.05) is 24.4 Å². The van der Waals surface area contributed by atoms with Crippen molar-refractivity contribution < 1.29 is 39.1 Å². The van der Waals surface area contributed by atoms with E-state index < -0.39 is 12.2 Å². The number of aliphatic hydroxyl groups excluding tert-OH is 3. The van der Waals surface area contributed by atoms with Crippen molar-refractivity contribution in [2.24, 2.45) is 5.92 Å². The Morgan fingerprint density at radius 1 is 0.750 bits per heavy atom. The van der Waals surface area contributed by atoms with Gasteiger partial charge in [0.05, 0.1) is 66.8 Å². The molecule has 2 fully saturated rings. The van der Waals surface area contributed by atoms with Crippen molar-refractivity contribution in [3.8, 4) is 0 Å². The van der Waals surface area contributed by atoms with Crippen molar-refractivity contribution in [2.45, 2.75) is 234 Å². The van der Waals surface area contributed by atoms with Crippen LogP contribution >= 0.6 is 11.8 Å². The molecule has 2 aromatic rings. The molecule has 3 heterocycles. The number of hydrogen-bond donors (Lipinski definition) is 3. The molecule has 8 atom stereocenters. The van der Waals surface area contributed by atoms with E-state index in [-0.39, 0.29) is 61.2 Å². The second-order valence-corrected chi connectivity index (χ2v) is 18.6. The zero-order chi connectivity index (χ0) is 42.8. The minimum atomic E-state index is -0.499.